The third-order valence-electron chi connectivity index (χ3n) is 9.11. The van der Waals surface area contributed by atoms with E-state index >= 15 is 0 Å². The van der Waals surface area contributed by atoms with Crippen molar-refractivity contribution in [3.8, 4) is 11.5 Å². The van der Waals surface area contributed by atoms with Crippen LogP contribution in [-0.2, 0) is 28.1 Å². The van der Waals surface area contributed by atoms with Gasteiger partial charge >= 0.3 is 11.9 Å². The summed E-state index contributed by atoms with van der Waals surface area (Å²) in [5.74, 6) is -0.796. The summed E-state index contributed by atoms with van der Waals surface area (Å²) in [6, 6.07) is 5.23. The second-order valence-corrected chi connectivity index (χ2v) is 17.7. The van der Waals surface area contributed by atoms with E-state index < -0.39 is 33.6 Å². The van der Waals surface area contributed by atoms with Crippen LogP contribution in [0.1, 0.15) is 203 Å². The predicted octanol–water partition coefficient (Wildman–Crippen LogP) is 12.0. The molecule has 2 aromatic rings. The van der Waals surface area contributed by atoms with Crippen LogP contribution >= 0.6 is 0 Å². The molecule has 0 aromatic heterocycles. The zero-order valence-corrected chi connectivity index (χ0v) is 32.1. The zero-order chi connectivity index (χ0) is 36.0. The number of benzene rings is 2. The summed E-state index contributed by atoms with van der Waals surface area (Å²) < 4.78 is 6.45. The predicted molar refractivity (Wildman–Crippen MR) is 197 cm³/mol. The van der Waals surface area contributed by atoms with Gasteiger partial charge in [0.15, 0.2) is 0 Å². The molecule has 5 nitrogen and oxygen atoms in total. The van der Waals surface area contributed by atoms with Gasteiger partial charge in [0.2, 0.25) is 0 Å². The Morgan fingerprint density at radius 3 is 1.43 bits per heavy atom. The molecule has 0 bridgehead atoms. The van der Waals surface area contributed by atoms with Crippen LogP contribution in [0.2, 0.25) is 0 Å². The number of phenols is 1. The van der Waals surface area contributed by atoms with Gasteiger partial charge in [-0.05, 0) is 58.3 Å². The molecule has 0 saturated carbocycles. The number of rotatable bonds is 14. The SMILES string of the molecule is CCCCCCCCCCCCc1c(C(=O)O)cc(C(C)(C)C)c(OC(=O)c2cc(C(C)(C)C)c(O)c(C(C)(C)C)c2)c1C(C)(C)C. The van der Waals surface area contributed by atoms with E-state index in [4.69, 9.17) is 4.74 Å². The van der Waals surface area contributed by atoms with E-state index in [1.165, 1.54) is 44.9 Å². The molecule has 2 N–H and O–H groups in total. The van der Waals surface area contributed by atoms with Crippen LogP contribution in [0.4, 0.5) is 0 Å². The van der Waals surface area contributed by atoms with Crippen LogP contribution in [0.5, 0.6) is 11.5 Å². The first-order valence-corrected chi connectivity index (χ1v) is 18.1. The maximum absolute atomic E-state index is 14.2. The largest absolute Gasteiger partial charge is 0.507 e. The van der Waals surface area contributed by atoms with E-state index in [0.717, 1.165) is 30.4 Å². The fourth-order valence-electron chi connectivity index (χ4n) is 6.45. The number of carboxylic acid groups (broad SMARTS) is 1. The average Bonchev–Trinajstić information content (AvgIpc) is 2.91. The second kappa shape index (κ2) is 16.1. The molecule has 0 atom stereocenters. The molecular weight excluding hydrogens is 584 g/mol. The van der Waals surface area contributed by atoms with E-state index in [9.17, 15) is 19.8 Å². The van der Waals surface area contributed by atoms with Gasteiger partial charge in [-0.1, -0.05) is 148 Å². The Labute approximate surface area is 286 Å². The number of phenolic OH excluding ortho intramolecular Hbond substituents is 1. The minimum absolute atomic E-state index is 0.205. The van der Waals surface area contributed by atoms with Crippen LogP contribution in [0.15, 0.2) is 18.2 Å². The van der Waals surface area contributed by atoms with E-state index in [1.807, 2.05) is 62.3 Å². The maximum atomic E-state index is 14.2. The molecule has 0 aliphatic carbocycles. The quantitative estimate of drug-likeness (QED) is 0.121. The summed E-state index contributed by atoms with van der Waals surface area (Å²) in [7, 11) is 0. The highest BCUT2D eigenvalue weighted by Gasteiger charge is 2.35. The smallest absolute Gasteiger partial charge is 0.343 e. The molecule has 0 radical (unpaired) electrons. The van der Waals surface area contributed by atoms with Crippen LogP contribution in [0.3, 0.4) is 0 Å². The molecule has 0 heterocycles. The van der Waals surface area contributed by atoms with E-state index in [-0.39, 0.29) is 5.75 Å². The molecule has 2 aromatic carbocycles. The Balaban J connectivity index is 2.62. The average molecular weight is 651 g/mol. The van der Waals surface area contributed by atoms with Gasteiger partial charge in [0.05, 0.1) is 11.1 Å². The number of esters is 1. The van der Waals surface area contributed by atoms with Crippen molar-refractivity contribution in [2.75, 3.05) is 0 Å². The van der Waals surface area contributed by atoms with Crippen molar-refractivity contribution in [2.24, 2.45) is 0 Å². The monoisotopic (exact) mass is 650 g/mol. The molecule has 0 aliphatic heterocycles. The summed E-state index contributed by atoms with van der Waals surface area (Å²) >= 11 is 0. The number of carbonyl (C=O) groups is 2. The number of aromatic carboxylic acids is 1. The molecule has 0 spiro atoms. The molecule has 0 amide bonds. The molecule has 5 heteroatoms. The van der Waals surface area contributed by atoms with E-state index in [1.54, 1.807) is 18.2 Å². The lowest BCUT2D eigenvalue weighted by Gasteiger charge is -2.33. The van der Waals surface area contributed by atoms with Crippen molar-refractivity contribution in [1.82, 2.24) is 0 Å². The van der Waals surface area contributed by atoms with Gasteiger partial charge in [-0.15, -0.1) is 0 Å². The number of aromatic hydroxyl groups is 1. The van der Waals surface area contributed by atoms with Crippen molar-refractivity contribution in [3.05, 3.63) is 57.1 Å². The number of hydrogen-bond donors (Lipinski definition) is 2. The Kier molecular flexibility index (Phi) is 13.8. The first-order valence-electron chi connectivity index (χ1n) is 18.1. The van der Waals surface area contributed by atoms with Crippen molar-refractivity contribution < 1.29 is 24.5 Å². The van der Waals surface area contributed by atoms with Crippen LogP contribution in [-0.4, -0.2) is 22.2 Å². The summed E-state index contributed by atoms with van der Waals surface area (Å²) in [5.41, 5.74) is 2.51. The summed E-state index contributed by atoms with van der Waals surface area (Å²) in [6.07, 6.45) is 12.6. The minimum Gasteiger partial charge on any atom is -0.507 e. The standard InChI is InChI=1S/C42H66O5/c1-14-15-16-17-18-19-20-21-22-23-24-29-30(37(44)45)27-33(41(8,9)10)36(34(29)42(11,12)13)47-38(46)28-25-31(39(2,3)4)35(43)32(26-28)40(5,6)7/h25-27,43H,14-24H2,1-13H3,(H,44,45). The molecule has 47 heavy (non-hydrogen) atoms. The van der Waals surface area contributed by atoms with Crippen molar-refractivity contribution in [1.29, 1.82) is 0 Å². The highest BCUT2D eigenvalue weighted by molar-refractivity contribution is 5.94. The normalized spacial score (nSPS) is 12.8. The lowest BCUT2D eigenvalue weighted by Crippen LogP contribution is -2.26. The Bertz CT molecular complexity index is 1340. The van der Waals surface area contributed by atoms with Gasteiger partial charge in [-0.2, -0.15) is 0 Å². The fourth-order valence-corrected chi connectivity index (χ4v) is 6.45. The minimum atomic E-state index is -0.955. The molecule has 0 aliphatic rings. The topological polar surface area (TPSA) is 83.8 Å². The number of unbranched alkanes of at least 4 members (excludes halogenated alkanes) is 9. The molecule has 2 rings (SSSR count). The number of ether oxygens (including phenoxy) is 1. The summed E-state index contributed by atoms with van der Waals surface area (Å²) in [6.45, 7) is 26.6. The highest BCUT2D eigenvalue weighted by atomic mass is 16.5. The van der Waals surface area contributed by atoms with Crippen molar-refractivity contribution in [2.45, 2.75) is 182 Å². The first-order chi connectivity index (χ1) is 21.5. The first kappa shape index (κ1) is 40.4. The van der Waals surface area contributed by atoms with Gasteiger partial charge in [-0.3, -0.25) is 0 Å². The number of carbonyl (C=O) groups excluding carboxylic acids is 1. The molecule has 0 unspecified atom stereocenters. The third kappa shape index (κ3) is 11.1. The number of hydrogen-bond acceptors (Lipinski definition) is 4. The fraction of sp³-hybridized carbons (Fsp3) is 0.667. The lowest BCUT2D eigenvalue weighted by atomic mass is 9.74. The highest BCUT2D eigenvalue weighted by Crippen LogP contribution is 2.45. The summed E-state index contributed by atoms with van der Waals surface area (Å²) in [5, 5.41) is 21.7. The summed E-state index contributed by atoms with van der Waals surface area (Å²) in [4.78, 5) is 27.0. The third-order valence-corrected chi connectivity index (χ3v) is 9.11. The lowest BCUT2D eigenvalue weighted by molar-refractivity contribution is 0.0695. The van der Waals surface area contributed by atoms with Gasteiger partial charge in [0, 0.05) is 22.3 Å². The molecule has 264 valence electrons. The van der Waals surface area contributed by atoms with Gasteiger partial charge < -0.3 is 14.9 Å². The van der Waals surface area contributed by atoms with Gasteiger partial charge in [-0.25, -0.2) is 9.59 Å². The second-order valence-electron chi connectivity index (χ2n) is 17.7. The zero-order valence-electron chi connectivity index (χ0n) is 32.1. The van der Waals surface area contributed by atoms with Gasteiger partial charge in [0.1, 0.15) is 11.5 Å². The van der Waals surface area contributed by atoms with Gasteiger partial charge in [0.25, 0.3) is 0 Å². The Morgan fingerprint density at radius 1 is 0.617 bits per heavy atom. The Morgan fingerprint density at radius 2 is 1.04 bits per heavy atom. The maximum Gasteiger partial charge on any atom is 0.343 e. The van der Waals surface area contributed by atoms with Crippen molar-refractivity contribution in [3.63, 3.8) is 0 Å². The van der Waals surface area contributed by atoms with E-state index in [0.29, 0.717) is 40.0 Å². The van der Waals surface area contributed by atoms with Crippen LogP contribution in [0.25, 0.3) is 0 Å². The molecule has 0 saturated heterocycles. The van der Waals surface area contributed by atoms with E-state index in [2.05, 4.69) is 27.7 Å². The number of carboxylic acids is 1. The van der Waals surface area contributed by atoms with Crippen molar-refractivity contribution >= 4 is 11.9 Å². The molecule has 0 fully saturated rings. The van der Waals surface area contributed by atoms with Crippen LogP contribution < -0.4 is 4.74 Å². The molecular formula is C42H66O5. The van der Waals surface area contributed by atoms with Crippen LogP contribution in [0, 0.1) is 0 Å². The Hall–Kier alpha value is -2.82.